The summed E-state index contributed by atoms with van der Waals surface area (Å²) in [6, 6.07) is 5.01. The maximum Gasteiger partial charge on any atom is 0.326 e. The van der Waals surface area contributed by atoms with Gasteiger partial charge in [-0.2, -0.15) is 0 Å². The van der Waals surface area contributed by atoms with Crippen molar-refractivity contribution in [2.24, 2.45) is 5.92 Å². The predicted octanol–water partition coefficient (Wildman–Crippen LogP) is 2.16. The van der Waals surface area contributed by atoms with E-state index in [0.29, 0.717) is 5.56 Å². The van der Waals surface area contributed by atoms with Crippen LogP contribution < -0.4 is 5.32 Å². The lowest BCUT2D eigenvalue weighted by Gasteiger charge is -2.18. The Labute approximate surface area is 118 Å². The molecule has 1 amide bonds. The smallest absolute Gasteiger partial charge is 0.326 e. The van der Waals surface area contributed by atoms with Crippen molar-refractivity contribution in [2.75, 3.05) is 0 Å². The summed E-state index contributed by atoms with van der Waals surface area (Å²) < 4.78 is 0. The summed E-state index contributed by atoms with van der Waals surface area (Å²) in [6.45, 7) is 0. The molecule has 106 valence electrons. The van der Waals surface area contributed by atoms with Crippen LogP contribution in [-0.4, -0.2) is 23.0 Å². The highest BCUT2D eigenvalue weighted by molar-refractivity contribution is 5.97. The number of amides is 1. The molecule has 4 heteroatoms. The summed E-state index contributed by atoms with van der Waals surface area (Å²) >= 11 is 0. The summed E-state index contributed by atoms with van der Waals surface area (Å²) in [5.41, 5.74) is 3.14. The zero-order valence-corrected chi connectivity index (χ0v) is 11.4. The van der Waals surface area contributed by atoms with Gasteiger partial charge in [0.15, 0.2) is 0 Å². The molecule has 3 rings (SSSR count). The highest BCUT2D eigenvalue weighted by atomic mass is 16.4. The van der Waals surface area contributed by atoms with E-state index in [9.17, 15) is 9.59 Å². The van der Waals surface area contributed by atoms with Crippen LogP contribution in [0.2, 0.25) is 0 Å². The third-order valence-corrected chi connectivity index (χ3v) is 4.26. The topological polar surface area (TPSA) is 66.4 Å². The van der Waals surface area contributed by atoms with Gasteiger partial charge in [0.1, 0.15) is 6.04 Å². The van der Waals surface area contributed by atoms with Gasteiger partial charge in [-0.25, -0.2) is 4.79 Å². The number of aryl methyl sites for hydroxylation is 2. The van der Waals surface area contributed by atoms with E-state index in [1.165, 1.54) is 17.5 Å². The lowest BCUT2D eigenvalue weighted by atomic mass is 9.90. The molecule has 4 nitrogen and oxygen atoms in total. The highest BCUT2D eigenvalue weighted by Crippen LogP contribution is 2.33. The molecular weight excluding hydrogens is 254 g/mol. The number of carboxylic acid groups (broad SMARTS) is 1. The van der Waals surface area contributed by atoms with Crippen molar-refractivity contribution in [1.29, 1.82) is 0 Å². The van der Waals surface area contributed by atoms with E-state index >= 15 is 0 Å². The zero-order chi connectivity index (χ0) is 14.1. The first-order valence-corrected chi connectivity index (χ1v) is 7.30. The molecule has 1 aromatic carbocycles. The molecule has 2 aliphatic rings. The molecule has 0 bridgehead atoms. The van der Waals surface area contributed by atoms with Gasteiger partial charge in [-0.15, -0.1) is 0 Å². The lowest BCUT2D eigenvalue weighted by Crippen LogP contribution is -2.42. The van der Waals surface area contributed by atoms with Gasteiger partial charge in [0.25, 0.3) is 5.91 Å². The SMILES string of the molecule is O=C(NC(C(=O)O)C1CC1)c1ccc2c(c1)CCCC2. The van der Waals surface area contributed by atoms with Crippen molar-refractivity contribution in [1.82, 2.24) is 5.32 Å². The van der Waals surface area contributed by atoms with E-state index in [2.05, 4.69) is 5.32 Å². The van der Waals surface area contributed by atoms with E-state index in [4.69, 9.17) is 5.11 Å². The van der Waals surface area contributed by atoms with Crippen molar-refractivity contribution in [3.63, 3.8) is 0 Å². The van der Waals surface area contributed by atoms with Crippen LogP contribution in [0, 0.1) is 5.92 Å². The maximum atomic E-state index is 12.2. The number of rotatable bonds is 4. The lowest BCUT2D eigenvalue weighted by molar-refractivity contribution is -0.139. The normalized spacial score (nSPS) is 19.0. The third-order valence-electron chi connectivity index (χ3n) is 4.26. The maximum absolute atomic E-state index is 12.2. The Balaban J connectivity index is 1.74. The average molecular weight is 273 g/mol. The fourth-order valence-corrected chi connectivity index (χ4v) is 2.91. The van der Waals surface area contributed by atoms with Crippen molar-refractivity contribution in [2.45, 2.75) is 44.6 Å². The van der Waals surface area contributed by atoms with Gasteiger partial charge in [-0.3, -0.25) is 4.79 Å². The Bertz CT molecular complexity index is 549. The van der Waals surface area contributed by atoms with Gasteiger partial charge < -0.3 is 10.4 Å². The summed E-state index contributed by atoms with van der Waals surface area (Å²) in [4.78, 5) is 23.4. The molecule has 0 spiro atoms. The Morgan fingerprint density at radius 2 is 1.85 bits per heavy atom. The number of carbonyl (C=O) groups is 2. The number of carboxylic acids is 1. The van der Waals surface area contributed by atoms with Crippen LogP contribution >= 0.6 is 0 Å². The van der Waals surface area contributed by atoms with E-state index in [-0.39, 0.29) is 11.8 Å². The molecular formula is C16H19NO3. The summed E-state index contributed by atoms with van der Waals surface area (Å²) in [5.74, 6) is -1.09. The Morgan fingerprint density at radius 1 is 1.15 bits per heavy atom. The van der Waals surface area contributed by atoms with Gasteiger partial charge in [-0.1, -0.05) is 6.07 Å². The summed E-state index contributed by atoms with van der Waals surface area (Å²) in [6.07, 6.45) is 6.25. The molecule has 0 aliphatic heterocycles. The van der Waals surface area contributed by atoms with Gasteiger partial charge >= 0.3 is 5.97 Å². The first-order valence-electron chi connectivity index (χ1n) is 7.30. The van der Waals surface area contributed by atoms with Gasteiger partial charge in [0, 0.05) is 5.56 Å². The molecule has 2 N–H and O–H groups in total. The number of benzene rings is 1. The summed E-state index contributed by atoms with van der Waals surface area (Å²) in [7, 11) is 0. The molecule has 1 atom stereocenters. The Hall–Kier alpha value is -1.84. The molecule has 1 aromatic rings. The van der Waals surface area contributed by atoms with Crippen LogP contribution in [0.1, 0.15) is 47.2 Å². The van der Waals surface area contributed by atoms with Crippen molar-refractivity contribution in [3.8, 4) is 0 Å². The standard InChI is InChI=1S/C16H19NO3/c18-15(17-14(16(19)20)11-6-7-11)13-8-5-10-3-1-2-4-12(10)9-13/h5,8-9,11,14H,1-4,6-7H2,(H,17,18)(H,19,20). The minimum Gasteiger partial charge on any atom is -0.480 e. The second-order valence-electron chi connectivity index (χ2n) is 5.82. The molecule has 1 saturated carbocycles. The number of fused-ring (bicyclic) bond motifs is 1. The van der Waals surface area contributed by atoms with Gasteiger partial charge in [0.2, 0.25) is 0 Å². The fraction of sp³-hybridized carbons (Fsp3) is 0.500. The zero-order valence-electron chi connectivity index (χ0n) is 11.4. The second-order valence-corrected chi connectivity index (χ2v) is 5.82. The van der Waals surface area contributed by atoms with E-state index < -0.39 is 12.0 Å². The molecule has 2 aliphatic carbocycles. The molecule has 0 saturated heterocycles. The molecule has 1 unspecified atom stereocenters. The van der Waals surface area contributed by atoms with Crippen LogP contribution in [-0.2, 0) is 17.6 Å². The highest BCUT2D eigenvalue weighted by Gasteiger charge is 2.37. The van der Waals surface area contributed by atoms with Crippen molar-refractivity contribution in [3.05, 3.63) is 34.9 Å². The van der Waals surface area contributed by atoms with Crippen LogP contribution in [0.15, 0.2) is 18.2 Å². The van der Waals surface area contributed by atoms with E-state index in [1.807, 2.05) is 18.2 Å². The van der Waals surface area contributed by atoms with Crippen molar-refractivity contribution < 1.29 is 14.7 Å². The largest absolute Gasteiger partial charge is 0.480 e. The third kappa shape index (κ3) is 2.69. The first-order chi connectivity index (χ1) is 9.65. The number of carbonyl (C=O) groups excluding carboxylic acids is 1. The first kappa shape index (κ1) is 13.2. The van der Waals surface area contributed by atoms with Gasteiger partial charge in [-0.05, 0) is 67.7 Å². The molecule has 0 aromatic heterocycles. The second kappa shape index (κ2) is 5.27. The predicted molar refractivity (Wildman–Crippen MR) is 74.7 cm³/mol. The molecule has 0 radical (unpaired) electrons. The van der Waals surface area contributed by atoms with E-state index in [1.54, 1.807) is 0 Å². The van der Waals surface area contributed by atoms with Crippen molar-refractivity contribution >= 4 is 11.9 Å². The van der Waals surface area contributed by atoms with E-state index in [0.717, 1.165) is 32.1 Å². The van der Waals surface area contributed by atoms with Gasteiger partial charge in [0.05, 0.1) is 0 Å². The molecule has 0 heterocycles. The number of nitrogens with one attached hydrogen (secondary N) is 1. The molecule has 20 heavy (non-hydrogen) atoms. The Kier molecular flexibility index (Phi) is 3.47. The fourth-order valence-electron chi connectivity index (χ4n) is 2.91. The number of hydrogen-bond donors (Lipinski definition) is 2. The van der Waals surface area contributed by atoms with Crippen LogP contribution in [0.5, 0.6) is 0 Å². The van der Waals surface area contributed by atoms with Crippen LogP contribution in [0.25, 0.3) is 0 Å². The minimum atomic E-state index is -0.932. The monoisotopic (exact) mass is 273 g/mol. The Morgan fingerprint density at radius 3 is 2.50 bits per heavy atom. The van der Waals surface area contributed by atoms with Crippen LogP contribution in [0.3, 0.4) is 0 Å². The molecule has 1 fully saturated rings. The average Bonchev–Trinajstić information content (AvgIpc) is 3.28. The quantitative estimate of drug-likeness (QED) is 0.883. The number of aliphatic carboxylic acids is 1. The summed E-state index contributed by atoms with van der Waals surface area (Å²) in [5, 5.41) is 11.8. The number of hydrogen-bond acceptors (Lipinski definition) is 2. The van der Waals surface area contributed by atoms with Crippen LogP contribution in [0.4, 0.5) is 0 Å². The minimum absolute atomic E-state index is 0.106.